The molecule has 0 spiro atoms. The Balaban J connectivity index is 1.92. The molecule has 1 aromatic carbocycles. The summed E-state index contributed by atoms with van der Waals surface area (Å²) in [5.74, 6) is 0.796. The molecule has 1 N–H and O–H groups in total. The van der Waals surface area contributed by atoms with Crippen LogP contribution in [0.3, 0.4) is 0 Å². The first-order valence-electron chi connectivity index (χ1n) is 9.10. The van der Waals surface area contributed by atoms with E-state index in [2.05, 4.69) is 51.0 Å². The quantitative estimate of drug-likeness (QED) is 0.475. The van der Waals surface area contributed by atoms with Gasteiger partial charge in [-0.25, -0.2) is 4.99 Å². The van der Waals surface area contributed by atoms with Crippen molar-refractivity contribution < 1.29 is 4.79 Å². The van der Waals surface area contributed by atoms with Crippen molar-refractivity contribution >= 4 is 11.9 Å². The van der Waals surface area contributed by atoms with E-state index in [9.17, 15) is 4.79 Å². The molecule has 1 aromatic rings. The minimum Gasteiger partial charge on any atom is -0.353 e. The lowest BCUT2D eigenvalue weighted by Gasteiger charge is -2.36. The zero-order valence-corrected chi connectivity index (χ0v) is 16.2. The summed E-state index contributed by atoms with van der Waals surface area (Å²) in [4.78, 5) is 22.6. The molecule has 1 aliphatic rings. The van der Waals surface area contributed by atoms with E-state index >= 15 is 0 Å². The minimum atomic E-state index is 0.00217. The largest absolute Gasteiger partial charge is 0.353 e. The molecule has 6 nitrogen and oxygen atoms in total. The number of carbonyl (C=O) groups excluding carboxylic acids is 1. The van der Waals surface area contributed by atoms with Crippen LogP contribution in [-0.4, -0.2) is 79.9 Å². The average Bonchev–Trinajstić information content (AvgIpc) is 2.63. The second kappa shape index (κ2) is 9.97. The van der Waals surface area contributed by atoms with Gasteiger partial charge in [0.25, 0.3) is 0 Å². The molecule has 1 aliphatic heterocycles. The number of nitrogens with zero attached hydrogens (tertiary/aromatic N) is 4. The number of piperazine rings is 1. The number of hydrogen-bond acceptors (Lipinski definition) is 3. The molecule has 26 heavy (non-hydrogen) atoms. The lowest BCUT2D eigenvalue weighted by atomic mass is 10.2. The molecule has 1 fully saturated rings. The molecule has 2 rings (SSSR count). The van der Waals surface area contributed by atoms with Crippen LogP contribution in [0.25, 0.3) is 0 Å². The highest BCUT2D eigenvalue weighted by atomic mass is 16.2. The number of carbonyl (C=O) groups is 1. The van der Waals surface area contributed by atoms with Crippen LogP contribution < -0.4 is 5.32 Å². The highest BCUT2D eigenvalue weighted by molar-refractivity contribution is 5.85. The van der Waals surface area contributed by atoms with Crippen LogP contribution in [0.4, 0.5) is 0 Å². The summed E-state index contributed by atoms with van der Waals surface area (Å²) in [6.45, 7) is 11.5. The monoisotopic (exact) mass is 357 g/mol. The fourth-order valence-electron chi connectivity index (χ4n) is 2.74. The van der Waals surface area contributed by atoms with Crippen LogP contribution in [-0.2, 0) is 11.3 Å². The zero-order chi connectivity index (χ0) is 18.9. The number of benzene rings is 1. The number of aliphatic imine (C=N–C) groups is 1. The van der Waals surface area contributed by atoms with Crippen molar-refractivity contribution in [2.24, 2.45) is 4.99 Å². The van der Waals surface area contributed by atoms with Gasteiger partial charge in [0.1, 0.15) is 6.54 Å². The molecule has 6 heteroatoms. The van der Waals surface area contributed by atoms with Crippen LogP contribution >= 0.6 is 0 Å². The van der Waals surface area contributed by atoms with Gasteiger partial charge in [0.05, 0.1) is 0 Å². The summed E-state index contributed by atoms with van der Waals surface area (Å²) in [5, 5.41) is 3.33. The predicted molar refractivity (Wildman–Crippen MR) is 107 cm³/mol. The summed E-state index contributed by atoms with van der Waals surface area (Å²) in [6.07, 6.45) is 0. The molecule has 0 atom stereocenters. The standard InChI is InChI=1S/C20H31N5O/c1-17(2)14-21-20(22-15-19(26)23(3)4)25-12-10-24(11-13-25)16-18-8-6-5-7-9-18/h5-9H,1,10-16H2,2-4H3,(H,21,22). The van der Waals surface area contributed by atoms with Gasteiger partial charge in [-0.3, -0.25) is 9.69 Å². The van der Waals surface area contributed by atoms with Gasteiger partial charge in [-0.1, -0.05) is 42.5 Å². The van der Waals surface area contributed by atoms with Crippen LogP contribution in [0.1, 0.15) is 12.5 Å². The average molecular weight is 358 g/mol. The maximum absolute atomic E-state index is 11.9. The maximum atomic E-state index is 11.9. The second-order valence-electron chi connectivity index (χ2n) is 6.99. The number of nitrogens with one attached hydrogen (secondary N) is 1. The van der Waals surface area contributed by atoms with E-state index in [1.165, 1.54) is 5.56 Å². The third-order valence-electron chi connectivity index (χ3n) is 4.33. The number of rotatable bonds is 6. The van der Waals surface area contributed by atoms with Crippen LogP contribution in [0.15, 0.2) is 47.5 Å². The van der Waals surface area contributed by atoms with Crippen molar-refractivity contribution in [2.75, 3.05) is 53.4 Å². The van der Waals surface area contributed by atoms with Gasteiger partial charge in [-0.15, -0.1) is 0 Å². The van der Waals surface area contributed by atoms with E-state index in [4.69, 9.17) is 0 Å². The van der Waals surface area contributed by atoms with E-state index in [1.807, 2.05) is 13.0 Å². The topological polar surface area (TPSA) is 51.2 Å². The van der Waals surface area contributed by atoms with Gasteiger partial charge < -0.3 is 15.1 Å². The molecular weight excluding hydrogens is 326 g/mol. The van der Waals surface area contributed by atoms with Crippen molar-refractivity contribution in [3.8, 4) is 0 Å². The summed E-state index contributed by atoms with van der Waals surface area (Å²) in [7, 11) is 3.50. The summed E-state index contributed by atoms with van der Waals surface area (Å²) < 4.78 is 0. The Labute approximate surface area is 157 Å². The first kappa shape index (κ1) is 20.0. The van der Waals surface area contributed by atoms with Crippen molar-refractivity contribution in [3.05, 3.63) is 48.0 Å². The number of guanidine groups is 1. The zero-order valence-electron chi connectivity index (χ0n) is 16.2. The van der Waals surface area contributed by atoms with Crippen molar-refractivity contribution in [1.29, 1.82) is 0 Å². The lowest BCUT2D eigenvalue weighted by molar-refractivity contribution is -0.127. The molecule has 0 aliphatic carbocycles. The van der Waals surface area contributed by atoms with Gasteiger partial charge in [-0.2, -0.15) is 0 Å². The Kier molecular flexibility index (Phi) is 7.66. The highest BCUT2D eigenvalue weighted by Gasteiger charge is 2.20. The van der Waals surface area contributed by atoms with Crippen LogP contribution in [0.5, 0.6) is 0 Å². The van der Waals surface area contributed by atoms with E-state index in [1.54, 1.807) is 19.0 Å². The fraction of sp³-hybridized carbons (Fsp3) is 0.500. The second-order valence-corrected chi connectivity index (χ2v) is 6.99. The Bertz CT molecular complexity index is 618. The van der Waals surface area contributed by atoms with Gasteiger partial charge in [-0.05, 0) is 12.5 Å². The Morgan fingerprint density at radius 3 is 2.42 bits per heavy atom. The van der Waals surface area contributed by atoms with Crippen LogP contribution in [0.2, 0.25) is 0 Å². The molecule has 1 heterocycles. The normalized spacial score (nSPS) is 15.7. The first-order chi connectivity index (χ1) is 12.5. The van der Waals surface area contributed by atoms with Gasteiger partial charge >= 0.3 is 0 Å². The minimum absolute atomic E-state index is 0.00217. The van der Waals surface area contributed by atoms with Gasteiger partial charge in [0.15, 0.2) is 5.96 Å². The third kappa shape index (κ3) is 6.52. The first-order valence-corrected chi connectivity index (χ1v) is 9.10. The molecule has 142 valence electrons. The van der Waals surface area contributed by atoms with Crippen molar-refractivity contribution in [1.82, 2.24) is 20.0 Å². The van der Waals surface area contributed by atoms with Crippen molar-refractivity contribution in [3.63, 3.8) is 0 Å². The predicted octanol–water partition coefficient (Wildman–Crippen LogP) is 1.41. The van der Waals surface area contributed by atoms with Crippen molar-refractivity contribution in [2.45, 2.75) is 13.5 Å². The smallest absolute Gasteiger partial charge is 0.243 e. The lowest BCUT2D eigenvalue weighted by Crippen LogP contribution is -2.52. The van der Waals surface area contributed by atoms with E-state index < -0.39 is 0 Å². The maximum Gasteiger partial charge on any atom is 0.243 e. The van der Waals surface area contributed by atoms with E-state index in [0.29, 0.717) is 6.54 Å². The van der Waals surface area contributed by atoms with E-state index in [-0.39, 0.29) is 12.5 Å². The Hall–Kier alpha value is -2.34. The summed E-state index contributed by atoms with van der Waals surface area (Å²) in [6, 6.07) is 10.5. The molecule has 1 saturated heterocycles. The Morgan fingerprint density at radius 2 is 1.85 bits per heavy atom. The van der Waals surface area contributed by atoms with E-state index in [0.717, 1.165) is 44.3 Å². The number of hydrogen-bond donors (Lipinski definition) is 1. The molecule has 1 amide bonds. The Morgan fingerprint density at radius 1 is 1.19 bits per heavy atom. The molecule has 0 saturated carbocycles. The third-order valence-corrected chi connectivity index (χ3v) is 4.33. The summed E-state index contributed by atoms with van der Waals surface area (Å²) >= 11 is 0. The summed E-state index contributed by atoms with van der Waals surface area (Å²) in [5.41, 5.74) is 2.38. The van der Waals surface area contributed by atoms with Crippen LogP contribution in [0, 0.1) is 0 Å². The SMILES string of the molecule is C=C(C)CNC(=NCC(=O)N(C)C)N1CCN(Cc2ccccc2)CC1. The number of amides is 1. The molecule has 0 aromatic heterocycles. The van der Waals surface area contributed by atoms with Gasteiger partial charge in [0.2, 0.25) is 5.91 Å². The number of likely N-dealkylation sites (N-methyl/N-ethyl adjacent to an activating group) is 1. The molecule has 0 unspecified atom stereocenters. The molecule has 0 bridgehead atoms. The molecule has 0 radical (unpaired) electrons. The molecular formula is C20H31N5O. The fourth-order valence-corrected chi connectivity index (χ4v) is 2.74. The van der Waals surface area contributed by atoms with Gasteiger partial charge in [0, 0.05) is 53.4 Å². The highest BCUT2D eigenvalue weighted by Crippen LogP contribution is 2.08.